The monoisotopic (exact) mass is 371 g/mol. The van der Waals surface area contributed by atoms with Gasteiger partial charge in [-0.05, 0) is 26.0 Å². The quantitative estimate of drug-likeness (QED) is 0.526. The van der Waals surface area contributed by atoms with Crippen molar-refractivity contribution in [3.63, 3.8) is 0 Å². The summed E-state index contributed by atoms with van der Waals surface area (Å²) in [7, 11) is 0. The lowest BCUT2D eigenvalue weighted by molar-refractivity contribution is -0.384. The Kier molecular flexibility index (Phi) is 4.73. The molecule has 0 radical (unpaired) electrons. The molecule has 0 fully saturated rings. The van der Waals surface area contributed by atoms with Crippen LogP contribution in [0.5, 0.6) is 0 Å². The lowest BCUT2D eigenvalue weighted by Crippen LogP contribution is -2.13. The summed E-state index contributed by atoms with van der Waals surface area (Å²) in [5.74, 6) is -0.139. The van der Waals surface area contributed by atoms with Crippen LogP contribution in [0.3, 0.4) is 0 Å². The van der Waals surface area contributed by atoms with E-state index in [1.807, 2.05) is 31.2 Å². The first kappa shape index (κ1) is 17.6. The van der Waals surface area contributed by atoms with E-state index in [9.17, 15) is 14.9 Å². The smallest absolute Gasteiger partial charge is 0.289 e. The average Bonchev–Trinajstić information content (AvgIpc) is 2.98. The zero-order valence-corrected chi connectivity index (χ0v) is 14.7. The van der Waals surface area contributed by atoms with E-state index in [2.05, 4.69) is 10.5 Å². The molecule has 0 aliphatic heterocycles. The van der Waals surface area contributed by atoms with Crippen molar-refractivity contribution < 1.29 is 14.2 Å². The van der Waals surface area contributed by atoms with Gasteiger partial charge in [0.1, 0.15) is 10.6 Å². The number of nitrogens with zero attached hydrogens (tertiary/aromatic N) is 2. The van der Waals surface area contributed by atoms with Gasteiger partial charge < -0.3 is 9.84 Å². The van der Waals surface area contributed by atoms with Gasteiger partial charge in [-0.1, -0.05) is 46.6 Å². The number of hydrogen-bond acceptors (Lipinski definition) is 5. The molecule has 3 rings (SSSR count). The van der Waals surface area contributed by atoms with Crippen molar-refractivity contribution in [3.05, 3.63) is 74.4 Å². The number of benzene rings is 2. The molecule has 1 N–H and O–H groups in total. The average molecular weight is 372 g/mol. The Bertz CT molecular complexity index is 996. The number of amides is 1. The van der Waals surface area contributed by atoms with E-state index in [0.717, 1.165) is 5.56 Å². The Morgan fingerprint density at radius 2 is 1.88 bits per heavy atom. The van der Waals surface area contributed by atoms with Gasteiger partial charge >= 0.3 is 0 Å². The van der Waals surface area contributed by atoms with Crippen molar-refractivity contribution in [3.8, 4) is 11.3 Å². The molecule has 0 unspecified atom stereocenters. The topological polar surface area (TPSA) is 98.3 Å². The molecular formula is C18H14ClN3O4. The van der Waals surface area contributed by atoms with E-state index in [-0.39, 0.29) is 22.0 Å². The summed E-state index contributed by atoms with van der Waals surface area (Å²) >= 11 is 5.79. The molecule has 8 heteroatoms. The number of carbonyl (C=O) groups excluding carboxylic acids is 1. The van der Waals surface area contributed by atoms with Gasteiger partial charge in [0.25, 0.3) is 11.6 Å². The predicted molar refractivity (Wildman–Crippen MR) is 97.5 cm³/mol. The van der Waals surface area contributed by atoms with Gasteiger partial charge in [-0.15, -0.1) is 0 Å². The minimum Gasteiger partial charge on any atom is -0.355 e. The number of nitro benzene ring substituents is 1. The number of nitrogens with one attached hydrogen (secondary N) is 1. The van der Waals surface area contributed by atoms with Crippen LogP contribution in [-0.2, 0) is 0 Å². The maximum atomic E-state index is 12.7. The fraction of sp³-hybridized carbons (Fsp3) is 0.111. The summed E-state index contributed by atoms with van der Waals surface area (Å²) < 4.78 is 5.32. The molecule has 1 aromatic heterocycles. The van der Waals surface area contributed by atoms with Crippen LogP contribution in [0.4, 0.5) is 11.4 Å². The maximum Gasteiger partial charge on any atom is 0.289 e. The van der Waals surface area contributed by atoms with E-state index < -0.39 is 10.8 Å². The van der Waals surface area contributed by atoms with E-state index in [1.54, 1.807) is 6.92 Å². The molecule has 26 heavy (non-hydrogen) atoms. The van der Waals surface area contributed by atoms with Gasteiger partial charge in [0.05, 0.1) is 10.6 Å². The first-order valence-corrected chi connectivity index (χ1v) is 8.03. The molecule has 3 aromatic rings. The summed E-state index contributed by atoms with van der Waals surface area (Å²) in [5.41, 5.74) is 2.44. The SMILES string of the molecule is Cc1ccc(-c2onc(C)c2C(=O)Nc2ccc(Cl)c([N+](=O)[O-])c2)cc1. The number of nitro groups is 1. The van der Waals surface area contributed by atoms with Crippen LogP contribution in [0.15, 0.2) is 47.0 Å². The Balaban J connectivity index is 1.94. The highest BCUT2D eigenvalue weighted by molar-refractivity contribution is 6.32. The van der Waals surface area contributed by atoms with Crippen molar-refractivity contribution in [1.29, 1.82) is 0 Å². The zero-order chi connectivity index (χ0) is 18.8. The number of halogens is 1. The summed E-state index contributed by atoms with van der Waals surface area (Å²) in [4.78, 5) is 23.1. The fourth-order valence-corrected chi connectivity index (χ4v) is 2.65. The van der Waals surface area contributed by atoms with Crippen LogP contribution in [0, 0.1) is 24.0 Å². The van der Waals surface area contributed by atoms with Crippen LogP contribution in [0.1, 0.15) is 21.6 Å². The van der Waals surface area contributed by atoms with Gasteiger partial charge in [0.15, 0.2) is 5.76 Å². The van der Waals surface area contributed by atoms with Crippen molar-refractivity contribution in [2.45, 2.75) is 13.8 Å². The van der Waals surface area contributed by atoms with Crippen molar-refractivity contribution in [1.82, 2.24) is 5.16 Å². The largest absolute Gasteiger partial charge is 0.355 e. The third-order valence-electron chi connectivity index (χ3n) is 3.80. The van der Waals surface area contributed by atoms with Crippen molar-refractivity contribution in [2.24, 2.45) is 0 Å². The summed E-state index contributed by atoms with van der Waals surface area (Å²) in [5, 5.41) is 17.5. The van der Waals surface area contributed by atoms with E-state index in [0.29, 0.717) is 17.0 Å². The first-order valence-electron chi connectivity index (χ1n) is 7.65. The highest BCUT2D eigenvalue weighted by atomic mass is 35.5. The standard InChI is InChI=1S/C18H14ClN3O4/c1-10-3-5-12(6-4-10)17-16(11(2)21-26-17)18(23)20-13-7-8-14(19)15(9-13)22(24)25/h3-9H,1-2H3,(H,20,23). The minimum atomic E-state index is -0.611. The van der Waals surface area contributed by atoms with Crippen LogP contribution in [-0.4, -0.2) is 16.0 Å². The van der Waals surface area contributed by atoms with E-state index in [4.69, 9.17) is 16.1 Å². The molecule has 0 saturated carbocycles. The second kappa shape index (κ2) is 6.97. The third-order valence-corrected chi connectivity index (χ3v) is 4.12. The molecular weight excluding hydrogens is 358 g/mol. The molecule has 1 heterocycles. The number of hydrogen-bond donors (Lipinski definition) is 1. The number of aryl methyl sites for hydroxylation is 2. The van der Waals surface area contributed by atoms with Crippen LogP contribution in [0.25, 0.3) is 11.3 Å². The van der Waals surface area contributed by atoms with Crippen LogP contribution in [0.2, 0.25) is 5.02 Å². The van der Waals surface area contributed by atoms with Crippen molar-refractivity contribution >= 4 is 28.9 Å². The van der Waals surface area contributed by atoms with Gasteiger partial charge in [0.2, 0.25) is 0 Å². The van der Waals surface area contributed by atoms with Gasteiger partial charge in [-0.2, -0.15) is 0 Å². The van der Waals surface area contributed by atoms with Crippen LogP contribution >= 0.6 is 11.6 Å². The Labute approximate surface area is 153 Å². The maximum absolute atomic E-state index is 12.7. The number of aromatic nitrogens is 1. The summed E-state index contributed by atoms with van der Waals surface area (Å²) in [6, 6.07) is 11.5. The summed E-state index contributed by atoms with van der Waals surface area (Å²) in [6.45, 7) is 3.61. The fourth-order valence-electron chi connectivity index (χ4n) is 2.46. The first-order chi connectivity index (χ1) is 12.4. The number of rotatable bonds is 4. The number of carbonyl (C=O) groups is 1. The van der Waals surface area contributed by atoms with Gasteiger partial charge in [0, 0.05) is 17.3 Å². The van der Waals surface area contributed by atoms with Crippen molar-refractivity contribution in [2.75, 3.05) is 5.32 Å². The predicted octanol–water partition coefficient (Wildman–Crippen LogP) is 4.77. The zero-order valence-electron chi connectivity index (χ0n) is 13.9. The third kappa shape index (κ3) is 3.43. The second-order valence-corrected chi connectivity index (χ2v) is 6.12. The molecule has 0 atom stereocenters. The molecule has 1 amide bonds. The molecule has 2 aromatic carbocycles. The lowest BCUT2D eigenvalue weighted by atomic mass is 10.0. The van der Waals surface area contributed by atoms with Crippen LogP contribution < -0.4 is 5.32 Å². The molecule has 132 valence electrons. The van der Waals surface area contributed by atoms with Gasteiger partial charge in [-0.25, -0.2) is 0 Å². The highest BCUT2D eigenvalue weighted by Crippen LogP contribution is 2.30. The Morgan fingerprint density at radius 1 is 1.19 bits per heavy atom. The molecule has 0 saturated heterocycles. The Hall–Kier alpha value is -3.19. The molecule has 0 spiro atoms. The normalized spacial score (nSPS) is 10.6. The lowest BCUT2D eigenvalue weighted by Gasteiger charge is -2.06. The summed E-state index contributed by atoms with van der Waals surface area (Å²) in [6.07, 6.45) is 0. The molecule has 0 aliphatic rings. The second-order valence-electron chi connectivity index (χ2n) is 5.72. The molecule has 0 aliphatic carbocycles. The molecule has 7 nitrogen and oxygen atoms in total. The molecule has 0 bridgehead atoms. The highest BCUT2D eigenvalue weighted by Gasteiger charge is 2.23. The minimum absolute atomic E-state index is 0.00509. The van der Waals surface area contributed by atoms with E-state index >= 15 is 0 Å². The Morgan fingerprint density at radius 3 is 2.54 bits per heavy atom. The van der Waals surface area contributed by atoms with Gasteiger partial charge in [-0.3, -0.25) is 14.9 Å². The number of anilines is 1. The van der Waals surface area contributed by atoms with E-state index in [1.165, 1.54) is 18.2 Å².